The van der Waals surface area contributed by atoms with Crippen LogP contribution in [-0.2, 0) is 12.8 Å². The fourth-order valence-corrected chi connectivity index (χ4v) is 5.45. The Labute approximate surface area is 223 Å². The second-order valence-electron chi connectivity index (χ2n) is 9.37. The molecule has 0 aliphatic carbocycles. The Morgan fingerprint density at radius 3 is 1.24 bits per heavy atom. The molecule has 0 radical (unpaired) electrons. The van der Waals surface area contributed by atoms with Crippen molar-refractivity contribution in [3.8, 4) is 46.3 Å². The van der Waals surface area contributed by atoms with E-state index in [0.717, 1.165) is 69.5 Å². The number of nitrogens with zero attached hydrogens (tertiary/aromatic N) is 2. The van der Waals surface area contributed by atoms with Crippen molar-refractivity contribution in [2.24, 2.45) is 0 Å². The summed E-state index contributed by atoms with van der Waals surface area (Å²) in [4.78, 5) is 0. The van der Waals surface area contributed by atoms with Crippen LogP contribution < -0.4 is 9.47 Å². The summed E-state index contributed by atoms with van der Waals surface area (Å²) < 4.78 is 10.5. The second kappa shape index (κ2) is 11.1. The quantitative estimate of drug-likeness (QED) is 0.159. The number of aryl methyl sites for hydroxylation is 2. The van der Waals surface area contributed by atoms with Crippen molar-refractivity contribution >= 4 is 21.5 Å². The van der Waals surface area contributed by atoms with Crippen molar-refractivity contribution in [1.29, 1.82) is 10.5 Å². The van der Waals surface area contributed by atoms with E-state index in [0.29, 0.717) is 11.5 Å². The smallest absolute Gasteiger partial charge is 0.292 e. The van der Waals surface area contributed by atoms with Crippen LogP contribution in [0.15, 0.2) is 84.9 Å². The number of nitriles is 2. The van der Waals surface area contributed by atoms with E-state index in [1.165, 1.54) is 11.1 Å². The molecule has 4 nitrogen and oxygen atoms in total. The fraction of sp³-hybridized carbons (Fsp3) is 0.176. The molecule has 0 bridgehead atoms. The molecule has 0 unspecified atom stereocenters. The van der Waals surface area contributed by atoms with Crippen molar-refractivity contribution in [3.05, 3.63) is 96.1 Å². The van der Waals surface area contributed by atoms with Crippen LogP contribution in [-0.4, -0.2) is 0 Å². The molecule has 0 atom stereocenters. The lowest BCUT2D eigenvalue weighted by molar-refractivity contribution is 0.499. The Hall–Kier alpha value is -4.80. The normalized spacial score (nSPS) is 10.7. The first-order valence-electron chi connectivity index (χ1n) is 13.0. The van der Waals surface area contributed by atoms with E-state index in [-0.39, 0.29) is 0 Å². The molecule has 4 heteroatoms. The van der Waals surface area contributed by atoms with Crippen LogP contribution in [0.1, 0.15) is 37.8 Å². The molecule has 0 saturated heterocycles. The molecule has 0 aliphatic rings. The molecule has 0 spiro atoms. The molecule has 0 aromatic heterocycles. The van der Waals surface area contributed by atoms with Crippen molar-refractivity contribution in [2.75, 3.05) is 0 Å². The summed E-state index contributed by atoms with van der Waals surface area (Å²) in [5.74, 6) is 1.23. The SMILES string of the molecule is CCCc1cc(-c2c3ccccc3c(-c3ccc(OC#N)c(CCC)c3)c3ccccc23)ccc1OC#N. The molecule has 186 valence electrons. The summed E-state index contributed by atoms with van der Waals surface area (Å²) in [5.41, 5.74) is 6.59. The molecule has 5 rings (SSSR count). The van der Waals surface area contributed by atoms with Crippen LogP contribution in [0.3, 0.4) is 0 Å². The van der Waals surface area contributed by atoms with E-state index >= 15 is 0 Å². The third kappa shape index (κ3) is 4.54. The molecule has 5 aromatic rings. The highest BCUT2D eigenvalue weighted by Crippen LogP contribution is 2.45. The molecule has 0 amide bonds. The lowest BCUT2D eigenvalue weighted by atomic mass is 9.85. The minimum atomic E-state index is 0.617. The number of fused-ring (bicyclic) bond motifs is 2. The highest BCUT2D eigenvalue weighted by atomic mass is 16.5. The summed E-state index contributed by atoms with van der Waals surface area (Å²) in [7, 11) is 0. The second-order valence-corrected chi connectivity index (χ2v) is 9.37. The largest absolute Gasteiger partial charge is 0.388 e. The predicted octanol–water partition coefficient (Wildman–Crippen LogP) is 8.95. The molecule has 0 saturated carbocycles. The van der Waals surface area contributed by atoms with Gasteiger partial charge >= 0.3 is 0 Å². The van der Waals surface area contributed by atoms with Crippen LogP contribution in [0.2, 0.25) is 0 Å². The van der Waals surface area contributed by atoms with E-state index in [9.17, 15) is 0 Å². The van der Waals surface area contributed by atoms with Gasteiger partial charge in [0.15, 0.2) is 0 Å². The highest BCUT2D eigenvalue weighted by molar-refractivity contribution is 6.21. The summed E-state index contributed by atoms with van der Waals surface area (Å²) in [6.45, 7) is 4.25. The lowest BCUT2D eigenvalue weighted by Gasteiger charge is -2.19. The van der Waals surface area contributed by atoms with Crippen molar-refractivity contribution in [1.82, 2.24) is 0 Å². The number of rotatable bonds is 8. The average Bonchev–Trinajstić information content (AvgIpc) is 2.94. The van der Waals surface area contributed by atoms with Gasteiger partial charge in [0.1, 0.15) is 11.5 Å². The van der Waals surface area contributed by atoms with Crippen molar-refractivity contribution in [2.45, 2.75) is 39.5 Å². The van der Waals surface area contributed by atoms with E-state index in [1.54, 1.807) is 0 Å². The Morgan fingerprint density at radius 2 is 0.921 bits per heavy atom. The first kappa shape index (κ1) is 24.9. The van der Waals surface area contributed by atoms with E-state index in [2.05, 4.69) is 74.5 Å². The molecular formula is C34H28N2O2. The third-order valence-corrected chi connectivity index (χ3v) is 6.98. The Bertz CT molecular complexity index is 1540. The maximum absolute atomic E-state index is 9.12. The maximum Gasteiger partial charge on any atom is 0.292 e. The fourth-order valence-electron chi connectivity index (χ4n) is 5.45. The molecule has 0 aliphatic heterocycles. The summed E-state index contributed by atoms with van der Waals surface area (Å²) in [6, 6.07) is 29.3. The monoisotopic (exact) mass is 496 g/mol. The predicted molar refractivity (Wildman–Crippen MR) is 153 cm³/mol. The minimum absolute atomic E-state index is 0.617. The van der Waals surface area contributed by atoms with Gasteiger partial charge in [-0.25, -0.2) is 0 Å². The van der Waals surface area contributed by atoms with Crippen LogP contribution in [0.25, 0.3) is 43.8 Å². The summed E-state index contributed by atoms with van der Waals surface area (Å²) in [6.07, 6.45) is 7.22. The molecule has 0 N–H and O–H groups in total. The van der Waals surface area contributed by atoms with Gasteiger partial charge in [0, 0.05) is 0 Å². The van der Waals surface area contributed by atoms with E-state index in [1.807, 2.05) is 36.8 Å². The van der Waals surface area contributed by atoms with E-state index < -0.39 is 0 Å². The van der Waals surface area contributed by atoms with Gasteiger partial charge in [-0.3, -0.25) is 0 Å². The lowest BCUT2D eigenvalue weighted by Crippen LogP contribution is -1.96. The van der Waals surface area contributed by atoms with Gasteiger partial charge in [0.05, 0.1) is 0 Å². The zero-order valence-electron chi connectivity index (χ0n) is 21.6. The molecule has 5 aromatic carbocycles. The van der Waals surface area contributed by atoms with Crippen LogP contribution in [0.5, 0.6) is 11.5 Å². The van der Waals surface area contributed by atoms with Gasteiger partial charge in [0.25, 0.3) is 12.5 Å². The summed E-state index contributed by atoms with van der Waals surface area (Å²) >= 11 is 0. The molecule has 0 heterocycles. The molecule has 38 heavy (non-hydrogen) atoms. The Kier molecular flexibility index (Phi) is 7.25. The van der Waals surface area contributed by atoms with Crippen molar-refractivity contribution < 1.29 is 9.47 Å². The summed E-state index contributed by atoms with van der Waals surface area (Å²) in [5, 5.41) is 22.9. The minimum Gasteiger partial charge on any atom is -0.388 e. The first-order valence-corrected chi connectivity index (χ1v) is 13.0. The average molecular weight is 497 g/mol. The van der Waals surface area contributed by atoms with Gasteiger partial charge in [-0.05, 0) is 92.0 Å². The van der Waals surface area contributed by atoms with E-state index in [4.69, 9.17) is 20.0 Å². The van der Waals surface area contributed by atoms with Crippen LogP contribution in [0, 0.1) is 23.0 Å². The number of benzene rings is 5. The highest BCUT2D eigenvalue weighted by Gasteiger charge is 2.18. The number of hydrogen-bond acceptors (Lipinski definition) is 4. The molecule has 0 fully saturated rings. The standard InChI is InChI=1S/C34H28N2O2/c1-3-9-23-19-25(15-17-31(23)37-21-35)33-27-11-5-7-13-29(27)34(30-14-8-6-12-28(30)33)26-16-18-32(38-22-36)24(20-26)10-4-2/h5-8,11-20H,3-4,9-10H2,1-2H3. The van der Waals surface area contributed by atoms with Crippen molar-refractivity contribution in [3.63, 3.8) is 0 Å². The topological polar surface area (TPSA) is 66.0 Å². The van der Waals surface area contributed by atoms with Gasteiger partial charge in [-0.1, -0.05) is 87.4 Å². The van der Waals surface area contributed by atoms with Gasteiger partial charge in [0.2, 0.25) is 0 Å². The third-order valence-electron chi connectivity index (χ3n) is 6.98. The first-order chi connectivity index (χ1) is 18.7. The molecular weight excluding hydrogens is 468 g/mol. The van der Waals surface area contributed by atoms with Gasteiger partial charge in [-0.15, -0.1) is 10.5 Å². The van der Waals surface area contributed by atoms with Crippen LogP contribution >= 0.6 is 0 Å². The van der Waals surface area contributed by atoms with Gasteiger partial charge < -0.3 is 9.47 Å². The maximum atomic E-state index is 9.12. The van der Waals surface area contributed by atoms with Gasteiger partial charge in [-0.2, -0.15) is 0 Å². The Morgan fingerprint density at radius 1 is 0.553 bits per heavy atom. The number of ether oxygens (including phenoxy) is 2. The zero-order valence-corrected chi connectivity index (χ0v) is 21.6. The van der Waals surface area contributed by atoms with Crippen LogP contribution in [0.4, 0.5) is 0 Å². The zero-order chi connectivity index (χ0) is 26.5. The number of hydrogen-bond donors (Lipinski definition) is 0. The Balaban J connectivity index is 1.83.